The van der Waals surface area contributed by atoms with Crippen LogP contribution in [0.25, 0.3) is 0 Å². The van der Waals surface area contributed by atoms with E-state index in [0.717, 1.165) is 108 Å². The molecule has 0 heterocycles. The Morgan fingerprint density at radius 2 is 0.511 bits per heavy atom. The molecule has 0 amide bonds. The average Bonchev–Trinajstić information content (AvgIpc) is 3.63. The van der Waals surface area contributed by atoms with Gasteiger partial charge in [0.15, 0.2) is 12.2 Å². The summed E-state index contributed by atoms with van der Waals surface area (Å²) in [4.78, 5) is 72.5. The summed E-state index contributed by atoms with van der Waals surface area (Å²) in [6.07, 6.45) is 45.9. The zero-order valence-corrected chi connectivity index (χ0v) is 60.4. The van der Waals surface area contributed by atoms with E-state index in [2.05, 4.69) is 48.5 Å². The Morgan fingerprint density at radius 1 is 0.300 bits per heavy atom. The minimum atomic E-state index is -4.95. The van der Waals surface area contributed by atoms with E-state index in [1.54, 1.807) is 0 Å². The maximum atomic E-state index is 13.0. The predicted octanol–water partition coefficient (Wildman–Crippen LogP) is 20.2. The fourth-order valence-corrected chi connectivity index (χ4v) is 12.3. The Labute approximate surface area is 549 Å². The molecule has 0 aliphatic rings. The van der Waals surface area contributed by atoms with Crippen LogP contribution in [-0.2, 0) is 65.4 Å². The maximum absolute atomic E-state index is 13.0. The lowest BCUT2D eigenvalue weighted by atomic mass is 10.0. The smallest absolute Gasteiger partial charge is 0.462 e. The first kappa shape index (κ1) is 88.1. The van der Waals surface area contributed by atoms with Crippen LogP contribution in [0.5, 0.6) is 0 Å². The lowest BCUT2D eigenvalue weighted by molar-refractivity contribution is -0.161. The number of hydrogen-bond acceptors (Lipinski definition) is 15. The second-order valence-electron chi connectivity index (χ2n) is 27.1. The largest absolute Gasteiger partial charge is 0.472 e. The molecule has 0 spiro atoms. The molecule has 5 atom stereocenters. The van der Waals surface area contributed by atoms with Crippen molar-refractivity contribution in [3.63, 3.8) is 0 Å². The van der Waals surface area contributed by atoms with Crippen LogP contribution < -0.4 is 0 Å². The van der Waals surface area contributed by atoms with Gasteiger partial charge in [-0.25, -0.2) is 9.13 Å². The minimum absolute atomic E-state index is 0.106. The van der Waals surface area contributed by atoms with Crippen LogP contribution in [0.4, 0.5) is 0 Å². The molecule has 0 rings (SSSR count). The fourth-order valence-electron chi connectivity index (χ4n) is 10.7. The lowest BCUT2D eigenvalue weighted by Crippen LogP contribution is -2.30. The summed E-state index contributed by atoms with van der Waals surface area (Å²) < 4.78 is 68.3. The van der Waals surface area contributed by atoms with E-state index < -0.39 is 97.5 Å². The van der Waals surface area contributed by atoms with Crippen LogP contribution in [0.3, 0.4) is 0 Å². The quantitative estimate of drug-likeness (QED) is 0.0222. The molecule has 0 aromatic rings. The highest BCUT2D eigenvalue weighted by Crippen LogP contribution is 2.45. The summed E-state index contributed by atoms with van der Waals surface area (Å²) >= 11 is 0. The van der Waals surface area contributed by atoms with Gasteiger partial charge in [0, 0.05) is 25.7 Å². The number of hydrogen-bond donors (Lipinski definition) is 3. The molecule has 90 heavy (non-hydrogen) atoms. The highest BCUT2D eigenvalue weighted by Gasteiger charge is 2.30. The van der Waals surface area contributed by atoms with Gasteiger partial charge in [-0.15, -0.1) is 0 Å². The van der Waals surface area contributed by atoms with Crippen molar-refractivity contribution in [3.05, 3.63) is 0 Å². The van der Waals surface area contributed by atoms with E-state index in [-0.39, 0.29) is 25.7 Å². The van der Waals surface area contributed by atoms with Gasteiger partial charge in [0.25, 0.3) is 0 Å². The number of carbonyl (C=O) groups is 4. The van der Waals surface area contributed by atoms with Crippen LogP contribution in [-0.4, -0.2) is 96.7 Å². The lowest BCUT2D eigenvalue weighted by Gasteiger charge is -2.21. The summed E-state index contributed by atoms with van der Waals surface area (Å²) in [7, 11) is -9.90. The van der Waals surface area contributed by atoms with Gasteiger partial charge in [-0.1, -0.05) is 305 Å². The first-order valence-corrected chi connectivity index (χ1v) is 39.8. The van der Waals surface area contributed by atoms with Gasteiger partial charge >= 0.3 is 39.5 Å². The van der Waals surface area contributed by atoms with Crippen molar-refractivity contribution < 1.29 is 80.2 Å². The van der Waals surface area contributed by atoms with Crippen LogP contribution in [0.2, 0.25) is 0 Å². The molecule has 17 nitrogen and oxygen atoms in total. The van der Waals surface area contributed by atoms with Crippen LogP contribution in [0.1, 0.15) is 357 Å². The minimum Gasteiger partial charge on any atom is -0.462 e. The van der Waals surface area contributed by atoms with E-state index in [1.165, 1.54) is 161 Å². The molecule has 0 aliphatic carbocycles. The van der Waals surface area contributed by atoms with E-state index in [1.807, 2.05) is 0 Å². The number of phosphoric acid groups is 2. The van der Waals surface area contributed by atoms with Gasteiger partial charge in [-0.2, -0.15) is 0 Å². The molecule has 0 saturated carbocycles. The SMILES string of the molecule is CCCCCCCCCCCCCCC(=O)O[C@H](COC(=O)CCCCCCCCC(C)C)COP(=O)(O)OC[C@H](O)COP(=O)(O)OC[C@@H](COC(=O)CCCCCCCCCCCCC(C)C)OC(=O)CCCCCCCCCCCCCCCC(C)C. The molecule has 0 aromatic heterocycles. The summed E-state index contributed by atoms with van der Waals surface area (Å²) in [6.45, 7) is 11.8. The second-order valence-corrected chi connectivity index (χ2v) is 30.0. The molecule has 534 valence electrons. The second kappa shape index (κ2) is 61.9. The monoisotopic (exact) mass is 1320 g/mol. The molecular weight excluding hydrogens is 1190 g/mol. The highest BCUT2D eigenvalue weighted by atomic mass is 31.2. The van der Waals surface area contributed by atoms with Crippen molar-refractivity contribution in [1.29, 1.82) is 0 Å². The first-order valence-electron chi connectivity index (χ1n) is 36.8. The van der Waals surface area contributed by atoms with Gasteiger partial charge in [0.2, 0.25) is 0 Å². The zero-order chi connectivity index (χ0) is 66.6. The normalized spacial score (nSPS) is 14.2. The molecule has 2 unspecified atom stereocenters. The van der Waals surface area contributed by atoms with E-state index in [4.69, 9.17) is 37.0 Å². The Kier molecular flexibility index (Phi) is 60.6. The molecular formula is C71H138O17P2. The van der Waals surface area contributed by atoms with E-state index >= 15 is 0 Å². The van der Waals surface area contributed by atoms with Crippen molar-refractivity contribution in [3.8, 4) is 0 Å². The Hall–Kier alpha value is -1.94. The number of aliphatic hydroxyl groups is 1. The third kappa shape index (κ3) is 64.8. The number of carbonyl (C=O) groups excluding carboxylic acids is 4. The number of esters is 4. The number of aliphatic hydroxyl groups excluding tert-OH is 1. The Bertz CT molecular complexity index is 1770. The maximum Gasteiger partial charge on any atom is 0.472 e. The molecule has 0 fully saturated rings. The Balaban J connectivity index is 5.24. The average molecular weight is 1330 g/mol. The molecule has 0 radical (unpaired) electrons. The summed E-state index contributed by atoms with van der Waals surface area (Å²) in [5.74, 6) is 0.0993. The van der Waals surface area contributed by atoms with Crippen LogP contribution in [0, 0.1) is 17.8 Å². The summed E-state index contributed by atoms with van der Waals surface area (Å²) in [6, 6.07) is 0. The van der Waals surface area contributed by atoms with Crippen LogP contribution in [0.15, 0.2) is 0 Å². The van der Waals surface area contributed by atoms with Crippen molar-refractivity contribution in [2.45, 2.75) is 375 Å². The van der Waals surface area contributed by atoms with Gasteiger partial charge in [-0.05, 0) is 43.4 Å². The molecule has 19 heteroatoms. The van der Waals surface area contributed by atoms with Crippen molar-refractivity contribution >= 4 is 39.5 Å². The third-order valence-electron chi connectivity index (χ3n) is 16.4. The topological polar surface area (TPSA) is 237 Å². The van der Waals surface area contributed by atoms with Gasteiger partial charge in [0.1, 0.15) is 19.3 Å². The zero-order valence-electron chi connectivity index (χ0n) is 58.6. The van der Waals surface area contributed by atoms with Crippen molar-refractivity contribution in [2.75, 3.05) is 39.6 Å². The molecule has 0 bridgehead atoms. The standard InChI is InChI=1S/C71H138O17P2/c1-8-9-10-11-12-13-14-19-26-31-40-47-54-70(75)88-67(59-82-69(74)53-46-39-34-33-37-44-51-64(6)7)61-86-90(79,80)84-57-65(72)56-83-89(77,78)85-60-66(58-81-68(73)52-45-38-30-25-22-21-24-29-36-43-50-63(4)5)87-71(76)55-48-41-32-27-20-17-15-16-18-23-28-35-42-49-62(2)3/h62-67,72H,8-61H2,1-7H3,(H,77,78)(H,79,80)/t65-,66-,67-/m1/s1. The number of unbranched alkanes of at least 4 members (excludes halogenated alkanes) is 37. The third-order valence-corrected chi connectivity index (χ3v) is 18.3. The molecule has 0 saturated heterocycles. The number of ether oxygens (including phenoxy) is 4. The fraction of sp³-hybridized carbons (Fsp3) is 0.944. The van der Waals surface area contributed by atoms with Gasteiger partial charge in [0.05, 0.1) is 26.4 Å². The molecule has 3 N–H and O–H groups in total. The van der Waals surface area contributed by atoms with Crippen molar-refractivity contribution in [1.82, 2.24) is 0 Å². The summed E-state index contributed by atoms with van der Waals surface area (Å²) in [5.41, 5.74) is 0. The highest BCUT2D eigenvalue weighted by molar-refractivity contribution is 7.47. The first-order chi connectivity index (χ1) is 43.2. The molecule has 0 aliphatic heterocycles. The summed E-state index contributed by atoms with van der Waals surface area (Å²) in [5, 5.41) is 10.6. The van der Waals surface area contributed by atoms with E-state index in [9.17, 15) is 43.2 Å². The van der Waals surface area contributed by atoms with Crippen LogP contribution >= 0.6 is 15.6 Å². The predicted molar refractivity (Wildman–Crippen MR) is 363 cm³/mol. The molecule has 0 aromatic carbocycles. The number of rotatable bonds is 69. The Morgan fingerprint density at radius 3 is 0.756 bits per heavy atom. The van der Waals surface area contributed by atoms with E-state index in [0.29, 0.717) is 31.6 Å². The van der Waals surface area contributed by atoms with Crippen molar-refractivity contribution in [2.24, 2.45) is 17.8 Å². The van der Waals surface area contributed by atoms with Gasteiger partial charge < -0.3 is 33.8 Å². The number of phosphoric ester groups is 2. The van der Waals surface area contributed by atoms with Gasteiger partial charge in [-0.3, -0.25) is 37.3 Å².